The predicted molar refractivity (Wildman–Crippen MR) is 68.1 cm³/mol. The summed E-state index contributed by atoms with van der Waals surface area (Å²) in [5.74, 6) is 1.45. The highest BCUT2D eigenvalue weighted by molar-refractivity contribution is 7.80. The van der Waals surface area contributed by atoms with Gasteiger partial charge in [0.2, 0.25) is 0 Å². The van der Waals surface area contributed by atoms with Gasteiger partial charge in [-0.3, -0.25) is 9.59 Å². The van der Waals surface area contributed by atoms with Crippen LogP contribution in [0.15, 0.2) is 22.0 Å². The van der Waals surface area contributed by atoms with Crippen molar-refractivity contribution in [1.29, 1.82) is 0 Å². The molecule has 0 saturated heterocycles. The molecule has 90 valence electrons. The summed E-state index contributed by atoms with van der Waals surface area (Å²) in [6.45, 7) is 4.73. The van der Waals surface area contributed by atoms with Crippen LogP contribution in [0.5, 0.6) is 0 Å². The Kier molecular flexibility index (Phi) is 4.41. The van der Waals surface area contributed by atoms with E-state index in [0.717, 1.165) is 0 Å². The normalized spacial score (nSPS) is 13.1. The first kappa shape index (κ1) is 13.1. The van der Waals surface area contributed by atoms with E-state index in [2.05, 4.69) is 26.5 Å². The molecule has 0 saturated carbocycles. The third kappa shape index (κ3) is 2.78. The Morgan fingerprint density at radius 1 is 1.25 bits per heavy atom. The topological polar surface area (TPSA) is 44.0 Å². The monoisotopic (exact) mass is 242 g/mol. The van der Waals surface area contributed by atoms with Crippen LogP contribution in [0.2, 0.25) is 0 Å². The number of nitrogens with zero attached hydrogens (tertiary/aromatic N) is 2. The summed E-state index contributed by atoms with van der Waals surface area (Å²) in [6, 6.07) is 0. The first-order valence-electron chi connectivity index (χ1n) is 5.34. The molecule has 5 heteroatoms. The third-order valence-electron chi connectivity index (χ3n) is 2.84. The zero-order chi connectivity index (χ0) is 12.3. The second-order valence-electron chi connectivity index (χ2n) is 4.36. The number of thiol groups is 1. The summed E-state index contributed by atoms with van der Waals surface area (Å²) in [6.07, 6.45) is 3.27. The number of hydrogen-bond donors (Lipinski definition) is 1. The van der Waals surface area contributed by atoms with Gasteiger partial charge >= 0.3 is 11.1 Å². The summed E-state index contributed by atoms with van der Waals surface area (Å²) in [7, 11) is 1.58. The van der Waals surface area contributed by atoms with E-state index in [9.17, 15) is 9.59 Å². The number of rotatable bonds is 4. The highest BCUT2D eigenvalue weighted by atomic mass is 32.1. The molecule has 1 aromatic heterocycles. The van der Waals surface area contributed by atoms with E-state index in [4.69, 9.17) is 0 Å². The highest BCUT2D eigenvalue weighted by Gasteiger charge is 2.13. The molecule has 0 aliphatic carbocycles. The molecular formula is C11H18N2O2S. The molecule has 1 atom stereocenters. The maximum atomic E-state index is 11.7. The molecule has 4 nitrogen and oxygen atoms in total. The molecule has 0 bridgehead atoms. The van der Waals surface area contributed by atoms with Crippen LogP contribution in [-0.4, -0.2) is 14.9 Å². The van der Waals surface area contributed by atoms with Crippen molar-refractivity contribution in [1.82, 2.24) is 9.13 Å². The highest BCUT2D eigenvalue weighted by Crippen LogP contribution is 2.13. The smallest absolute Gasteiger partial charge is 0.312 e. The van der Waals surface area contributed by atoms with Crippen LogP contribution < -0.4 is 11.1 Å². The van der Waals surface area contributed by atoms with E-state index in [-0.39, 0.29) is 0 Å². The summed E-state index contributed by atoms with van der Waals surface area (Å²) in [4.78, 5) is 23.1. The van der Waals surface area contributed by atoms with Gasteiger partial charge < -0.3 is 9.13 Å². The third-order valence-corrected chi connectivity index (χ3v) is 3.31. The Bertz CT molecular complexity index is 462. The van der Waals surface area contributed by atoms with Crippen LogP contribution in [-0.2, 0) is 13.6 Å². The number of aryl methyl sites for hydroxylation is 1. The fourth-order valence-electron chi connectivity index (χ4n) is 1.47. The molecule has 0 radical (unpaired) electrons. The molecule has 1 unspecified atom stereocenters. The quantitative estimate of drug-likeness (QED) is 0.625. The Morgan fingerprint density at radius 2 is 1.88 bits per heavy atom. The van der Waals surface area contributed by atoms with Crippen LogP contribution in [0, 0.1) is 11.8 Å². The summed E-state index contributed by atoms with van der Waals surface area (Å²) in [5.41, 5.74) is -0.943. The molecule has 1 heterocycles. The lowest BCUT2D eigenvalue weighted by Gasteiger charge is -2.19. The zero-order valence-corrected chi connectivity index (χ0v) is 10.8. The van der Waals surface area contributed by atoms with E-state index in [0.29, 0.717) is 24.1 Å². The Labute approximate surface area is 100 Å². The van der Waals surface area contributed by atoms with Gasteiger partial charge in [-0.15, -0.1) is 0 Å². The molecular weight excluding hydrogens is 224 g/mol. The minimum Gasteiger partial charge on any atom is -0.312 e. The molecule has 0 aliphatic rings. The number of hydrogen-bond acceptors (Lipinski definition) is 3. The maximum absolute atomic E-state index is 11.7. The maximum Gasteiger partial charge on any atom is 0.316 e. The number of aromatic nitrogens is 2. The van der Waals surface area contributed by atoms with Crippen LogP contribution in [0.3, 0.4) is 0 Å². The first-order chi connectivity index (χ1) is 7.47. The zero-order valence-electron chi connectivity index (χ0n) is 9.88. The Balaban J connectivity index is 3.03. The first-order valence-corrected chi connectivity index (χ1v) is 5.97. The van der Waals surface area contributed by atoms with Crippen molar-refractivity contribution in [3.63, 3.8) is 0 Å². The van der Waals surface area contributed by atoms with Crippen molar-refractivity contribution >= 4 is 12.6 Å². The van der Waals surface area contributed by atoms with E-state index in [1.807, 2.05) is 0 Å². The molecule has 0 aliphatic heterocycles. The van der Waals surface area contributed by atoms with Crippen molar-refractivity contribution in [2.24, 2.45) is 18.9 Å². The summed E-state index contributed by atoms with van der Waals surface area (Å²) >= 11 is 4.27. The van der Waals surface area contributed by atoms with Crippen molar-refractivity contribution in [2.75, 3.05) is 5.75 Å². The van der Waals surface area contributed by atoms with Crippen LogP contribution >= 0.6 is 12.6 Å². The van der Waals surface area contributed by atoms with Crippen LogP contribution in [0.1, 0.15) is 13.8 Å². The minimum atomic E-state index is -0.482. The van der Waals surface area contributed by atoms with Crippen molar-refractivity contribution < 1.29 is 0 Å². The minimum absolute atomic E-state index is 0.299. The Hall–Kier alpha value is -0.970. The lowest BCUT2D eigenvalue weighted by atomic mass is 9.98. The molecule has 0 fully saturated rings. The molecule has 0 spiro atoms. The molecule has 0 aromatic carbocycles. The van der Waals surface area contributed by atoms with E-state index in [1.54, 1.807) is 19.4 Å². The van der Waals surface area contributed by atoms with Gasteiger partial charge in [-0.05, 0) is 17.6 Å². The van der Waals surface area contributed by atoms with Crippen molar-refractivity contribution in [2.45, 2.75) is 20.4 Å². The van der Waals surface area contributed by atoms with Gasteiger partial charge in [0.1, 0.15) is 0 Å². The van der Waals surface area contributed by atoms with Gasteiger partial charge in [-0.1, -0.05) is 13.8 Å². The van der Waals surface area contributed by atoms with Crippen LogP contribution in [0.4, 0.5) is 0 Å². The molecule has 16 heavy (non-hydrogen) atoms. The predicted octanol–water partition coefficient (Wildman–Crippen LogP) is 0.749. The van der Waals surface area contributed by atoms with Gasteiger partial charge in [-0.25, -0.2) is 0 Å². The van der Waals surface area contributed by atoms with Gasteiger partial charge in [-0.2, -0.15) is 12.6 Å². The fraction of sp³-hybridized carbons (Fsp3) is 0.636. The van der Waals surface area contributed by atoms with Crippen molar-refractivity contribution in [3.8, 4) is 0 Å². The largest absolute Gasteiger partial charge is 0.316 e. The Morgan fingerprint density at radius 3 is 2.38 bits per heavy atom. The molecule has 1 rings (SSSR count). The van der Waals surface area contributed by atoms with Gasteiger partial charge in [0, 0.05) is 26.0 Å². The van der Waals surface area contributed by atoms with Gasteiger partial charge in [0.15, 0.2) is 0 Å². The molecule has 0 amide bonds. The van der Waals surface area contributed by atoms with Crippen LogP contribution in [0.25, 0.3) is 0 Å². The average Bonchev–Trinajstić information content (AvgIpc) is 2.25. The lowest BCUT2D eigenvalue weighted by molar-refractivity contribution is 0.365. The summed E-state index contributed by atoms with van der Waals surface area (Å²) in [5, 5.41) is 0. The van der Waals surface area contributed by atoms with Crippen molar-refractivity contribution in [3.05, 3.63) is 33.1 Å². The second-order valence-corrected chi connectivity index (χ2v) is 4.72. The summed E-state index contributed by atoms with van der Waals surface area (Å²) < 4.78 is 2.77. The average molecular weight is 242 g/mol. The fourth-order valence-corrected chi connectivity index (χ4v) is 2.00. The van der Waals surface area contributed by atoms with E-state index >= 15 is 0 Å². The molecule has 1 aromatic rings. The van der Waals surface area contributed by atoms with Gasteiger partial charge in [0.05, 0.1) is 0 Å². The van der Waals surface area contributed by atoms with E-state index in [1.165, 1.54) is 9.13 Å². The van der Waals surface area contributed by atoms with Gasteiger partial charge in [0.25, 0.3) is 0 Å². The molecule has 0 N–H and O–H groups in total. The standard InChI is InChI=1S/C11H18N2O2S/c1-8(2)9(7-16)6-13-5-4-12(3)10(14)11(13)15/h4-5,8-9,16H,6-7H2,1-3H3. The lowest BCUT2D eigenvalue weighted by Crippen LogP contribution is -2.41. The second kappa shape index (κ2) is 5.39. The SMILES string of the molecule is CC(C)C(CS)Cn1ccn(C)c(=O)c1=O. The van der Waals surface area contributed by atoms with E-state index < -0.39 is 11.1 Å².